The number of nitrogens with two attached hydrogens (primary N) is 1. The summed E-state index contributed by atoms with van der Waals surface area (Å²) in [5.74, 6) is 0.407. The molecule has 3 aromatic rings. The van der Waals surface area contributed by atoms with Crippen LogP contribution in [0.3, 0.4) is 0 Å². The smallest absolute Gasteiger partial charge is 0.264 e. The van der Waals surface area contributed by atoms with Gasteiger partial charge in [0, 0.05) is 16.6 Å². The average molecular weight is 325 g/mol. The minimum atomic E-state index is -0.248. The number of thiazole rings is 1. The number of rotatable bonds is 5. The SMILES string of the molecule is Nc1cccc(-c2csc(NC(=O)COc3ccccc3)n2)c1. The highest BCUT2D eigenvalue weighted by Crippen LogP contribution is 2.26. The molecule has 0 radical (unpaired) electrons. The Bertz CT molecular complexity index is 802. The molecule has 0 fully saturated rings. The Balaban J connectivity index is 1.59. The van der Waals surface area contributed by atoms with Gasteiger partial charge in [0.1, 0.15) is 5.75 Å². The molecule has 3 N–H and O–H groups in total. The lowest BCUT2D eigenvalue weighted by atomic mass is 10.1. The Hall–Kier alpha value is -2.86. The number of aromatic nitrogens is 1. The van der Waals surface area contributed by atoms with Crippen molar-refractivity contribution in [3.63, 3.8) is 0 Å². The van der Waals surface area contributed by atoms with Crippen molar-refractivity contribution in [1.29, 1.82) is 0 Å². The monoisotopic (exact) mass is 325 g/mol. The molecule has 1 aromatic heterocycles. The molecule has 0 saturated heterocycles. The van der Waals surface area contributed by atoms with Crippen LogP contribution in [0.15, 0.2) is 60.0 Å². The number of amides is 1. The van der Waals surface area contributed by atoms with E-state index in [1.807, 2.05) is 47.8 Å². The number of nitrogens with one attached hydrogen (secondary N) is 1. The predicted molar refractivity (Wildman–Crippen MR) is 92.5 cm³/mol. The van der Waals surface area contributed by atoms with Crippen LogP contribution in [0.5, 0.6) is 5.75 Å². The van der Waals surface area contributed by atoms with Crippen LogP contribution in [0.2, 0.25) is 0 Å². The zero-order valence-corrected chi connectivity index (χ0v) is 13.0. The predicted octanol–water partition coefficient (Wildman–Crippen LogP) is 3.41. The molecule has 3 rings (SSSR count). The summed E-state index contributed by atoms with van der Waals surface area (Å²) >= 11 is 1.36. The fourth-order valence-corrected chi connectivity index (χ4v) is 2.72. The minimum Gasteiger partial charge on any atom is -0.484 e. The molecule has 0 unspecified atom stereocenters. The van der Waals surface area contributed by atoms with E-state index in [0.717, 1.165) is 11.3 Å². The number of ether oxygens (including phenoxy) is 1. The molecule has 5 nitrogen and oxygen atoms in total. The van der Waals surface area contributed by atoms with Crippen molar-refractivity contribution in [3.05, 3.63) is 60.0 Å². The van der Waals surface area contributed by atoms with Crippen molar-refractivity contribution in [2.75, 3.05) is 17.7 Å². The summed E-state index contributed by atoms with van der Waals surface area (Å²) in [6, 6.07) is 16.7. The third kappa shape index (κ3) is 4.08. The number of hydrogen-bond acceptors (Lipinski definition) is 5. The van der Waals surface area contributed by atoms with Gasteiger partial charge >= 0.3 is 0 Å². The maximum atomic E-state index is 11.9. The fourth-order valence-electron chi connectivity index (χ4n) is 1.98. The zero-order valence-electron chi connectivity index (χ0n) is 12.2. The van der Waals surface area contributed by atoms with E-state index < -0.39 is 0 Å². The van der Waals surface area contributed by atoms with Gasteiger partial charge in [-0.1, -0.05) is 30.3 Å². The van der Waals surface area contributed by atoms with Gasteiger partial charge in [-0.2, -0.15) is 0 Å². The first kappa shape index (κ1) is 15.1. The van der Waals surface area contributed by atoms with E-state index >= 15 is 0 Å². The van der Waals surface area contributed by atoms with Gasteiger partial charge in [0.2, 0.25) is 0 Å². The third-order valence-electron chi connectivity index (χ3n) is 3.05. The largest absolute Gasteiger partial charge is 0.484 e. The quantitative estimate of drug-likeness (QED) is 0.705. The van der Waals surface area contributed by atoms with Crippen molar-refractivity contribution in [3.8, 4) is 17.0 Å². The average Bonchev–Trinajstić information content (AvgIpc) is 3.02. The Morgan fingerprint density at radius 3 is 2.78 bits per heavy atom. The molecule has 0 bridgehead atoms. The van der Waals surface area contributed by atoms with E-state index in [2.05, 4.69) is 10.3 Å². The summed E-state index contributed by atoms with van der Waals surface area (Å²) in [6.45, 7) is -0.0583. The normalized spacial score (nSPS) is 10.3. The number of para-hydroxylation sites is 1. The van der Waals surface area contributed by atoms with Crippen LogP contribution in [0.25, 0.3) is 11.3 Å². The fraction of sp³-hybridized carbons (Fsp3) is 0.0588. The lowest BCUT2D eigenvalue weighted by molar-refractivity contribution is -0.118. The Morgan fingerprint density at radius 1 is 1.17 bits per heavy atom. The second-order valence-corrected chi connectivity index (χ2v) is 5.67. The molecule has 0 saturated carbocycles. The first-order chi connectivity index (χ1) is 11.2. The molecule has 0 aliphatic rings. The minimum absolute atomic E-state index is 0.0583. The molecule has 1 heterocycles. The number of nitrogens with zero attached hydrogens (tertiary/aromatic N) is 1. The van der Waals surface area contributed by atoms with Crippen molar-refractivity contribution >= 4 is 28.1 Å². The van der Waals surface area contributed by atoms with E-state index in [9.17, 15) is 4.79 Å². The molecule has 2 aromatic carbocycles. The highest BCUT2D eigenvalue weighted by atomic mass is 32.1. The third-order valence-corrected chi connectivity index (χ3v) is 3.80. The highest BCUT2D eigenvalue weighted by molar-refractivity contribution is 7.14. The number of nitrogen functional groups attached to an aromatic ring is 1. The number of carbonyl (C=O) groups excluding carboxylic acids is 1. The molecule has 6 heteroatoms. The summed E-state index contributed by atoms with van der Waals surface area (Å²) in [5, 5.41) is 5.14. The maximum Gasteiger partial charge on any atom is 0.264 e. The second-order valence-electron chi connectivity index (χ2n) is 4.81. The van der Waals surface area contributed by atoms with E-state index in [1.54, 1.807) is 12.1 Å². The number of hydrogen-bond donors (Lipinski definition) is 2. The molecular weight excluding hydrogens is 310 g/mol. The first-order valence-electron chi connectivity index (χ1n) is 7.00. The van der Waals surface area contributed by atoms with Crippen LogP contribution in [-0.4, -0.2) is 17.5 Å². The van der Waals surface area contributed by atoms with Gasteiger partial charge in [-0.25, -0.2) is 4.98 Å². The van der Waals surface area contributed by atoms with E-state index in [-0.39, 0.29) is 12.5 Å². The van der Waals surface area contributed by atoms with Crippen LogP contribution in [-0.2, 0) is 4.79 Å². The highest BCUT2D eigenvalue weighted by Gasteiger charge is 2.09. The van der Waals surface area contributed by atoms with Crippen LogP contribution in [0, 0.1) is 0 Å². The molecular formula is C17H15N3O2S. The van der Waals surface area contributed by atoms with Gasteiger partial charge in [0.15, 0.2) is 11.7 Å². The van der Waals surface area contributed by atoms with Crippen LogP contribution in [0.4, 0.5) is 10.8 Å². The Labute approximate surface area is 137 Å². The molecule has 0 aliphatic carbocycles. The topological polar surface area (TPSA) is 77.2 Å². The van der Waals surface area contributed by atoms with Crippen molar-refractivity contribution in [2.24, 2.45) is 0 Å². The zero-order chi connectivity index (χ0) is 16.1. The van der Waals surface area contributed by atoms with Crippen LogP contribution < -0.4 is 15.8 Å². The number of benzene rings is 2. The van der Waals surface area contributed by atoms with Gasteiger partial charge in [0.05, 0.1) is 5.69 Å². The Kier molecular flexibility index (Phi) is 4.54. The lowest BCUT2D eigenvalue weighted by Crippen LogP contribution is -2.19. The molecule has 1 amide bonds. The van der Waals surface area contributed by atoms with E-state index in [1.165, 1.54) is 11.3 Å². The molecule has 116 valence electrons. The van der Waals surface area contributed by atoms with Crippen molar-refractivity contribution in [2.45, 2.75) is 0 Å². The summed E-state index contributed by atoms with van der Waals surface area (Å²) in [5.41, 5.74) is 8.14. The van der Waals surface area contributed by atoms with Crippen molar-refractivity contribution < 1.29 is 9.53 Å². The van der Waals surface area contributed by atoms with E-state index in [0.29, 0.717) is 16.6 Å². The van der Waals surface area contributed by atoms with E-state index in [4.69, 9.17) is 10.5 Å². The maximum absolute atomic E-state index is 11.9. The molecule has 0 atom stereocenters. The first-order valence-corrected chi connectivity index (χ1v) is 7.88. The van der Waals surface area contributed by atoms with Gasteiger partial charge in [-0.3, -0.25) is 10.1 Å². The molecule has 23 heavy (non-hydrogen) atoms. The molecule has 0 spiro atoms. The van der Waals surface area contributed by atoms with Gasteiger partial charge in [0.25, 0.3) is 5.91 Å². The summed E-state index contributed by atoms with van der Waals surface area (Å²) < 4.78 is 5.40. The summed E-state index contributed by atoms with van der Waals surface area (Å²) in [4.78, 5) is 16.3. The summed E-state index contributed by atoms with van der Waals surface area (Å²) in [7, 11) is 0. The van der Waals surface area contributed by atoms with Gasteiger partial charge in [-0.15, -0.1) is 11.3 Å². The lowest BCUT2D eigenvalue weighted by Gasteiger charge is -2.05. The molecule has 0 aliphatic heterocycles. The second kappa shape index (κ2) is 6.93. The number of anilines is 2. The van der Waals surface area contributed by atoms with Crippen molar-refractivity contribution in [1.82, 2.24) is 4.98 Å². The standard InChI is InChI=1S/C17H15N3O2S/c18-13-6-4-5-12(9-13)15-11-23-17(19-15)20-16(21)10-22-14-7-2-1-3-8-14/h1-9,11H,10,18H2,(H,19,20,21). The number of carbonyl (C=O) groups is 1. The Morgan fingerprint density at radius 2 is 2.00 bits per heavy atom. The van der Waals surface area contributed by atoms with Crippen LogP contribution >= 0.6 is 11.3 Å². The van der Waals surface area contributed by atoms with Crippen LogP contribution in [0.1, 0.15) is 0 Å². The summed E-state index contributed by atoms with van der Waals surface area (Å²) in [6.07, 6.45) is 0. The van der Waals surface area contributed by atoms with Gasteiger partial charge < -0.3 is 10.5 Å². The van der Waals surface area contributed by atoms with Gasteiger partial charge in [-0.05, 0) is 24.3 Å².